The highest BCUT2D eigenvalue weighted by Gasteiger charge is 2.06. The topological polar surface area (TPSA) is 55.3 Å². The van der Waals surface area contributed by atoms with Crippen LogP contribution in [-0.2, 0) is 13.1 Å². The van der Waals surface area contributed by atoms with Gasteiger partial charge in [-0.25, -0.2) is 0 Å². The van der Waals surface area contributed by atoms with Gasteiger partial charge in [0.15, 0.2) is 0 Å². The lowest BCUT2D eigenvalue weighted by atomic mass is 10.2. The molecule has 2 heterocycles. The van der Waals surface area contributed by atoms with Crippen LogP contribution in [0, 0.1) is 6.92 Å². The molecule has 0 saturated heterocycles. The maximum Gasteiger partial charge on any atom is 0.122 e. The van der Waals surface area contributed by atoms with Crippen molar-refractivity contribution in [2.75, 3.05) is 7.05 Å². The molecule has 0 bridgehead atoms. The first-order valence-electron chi connectivity index (χ1n) is 6.03. The van der Waals surface area contributed by atoms with E-state index in [0.717, 1.165) is 30.2 Å². The highest BCUT2D eigenvalue weighted by molar-refractivity contribution is 7.80. The van der Waals surface area contributed by atoms with Crippen LogP contribution >= 0.6 is 12.2 Å². The van der Waals surface area contributed by atoms with Crippen molar-refractivity contribution in [1.29, 1.82) is 0 Å². The molecule has 0 unspecified atom stereocenters. The quantitative estimate of drug-likeness (QED) is 0.848. The number of thiocarbonyl (C=S) groups is 1. The third-order valence-corrected chi connectivity index (χ3v) is 2.96. The van der Waals surface area contributed by atoms with E-state index in [1.54, 1.807) is 6.20 Å². The van der Waals surface area contributed by atoms with Crippen LogP contribution in [-0.4, -0.2) is 21.9 Å². The Balaban J connectivity index is 2.00. The number of furan rings is 1. The van der Waals surface area contributed by atoms with Crippen molar-refractivity contribution >= 4 is 17.2 Å². The number of hydrogen-bond acceptors (Lipinski definition) is 4. The molecular weight excluding hydrogens is 258 g/mol. The van der Waals surface area contributed by atoms with Gasteiger partial charge in [-0.05, 0) is 43.8 Å². The van der Waals surface area contributed by atoms with Crippen LogP contribution in [0.15, 0.2) is 34.9 Å². The summed E-state index contributed by atoms with van der Waals surface area (Å²) in [5, 5.41) is 0. The summed E-state index contributed by atoms with van der Waals surface area (Å²) in [7, 11) is 2.04. The molecule has 0 aliphatic carbocycles. The van der Waals surface area contributed by atoms with E-state index in [0.29, 0.717) is 10.7 Å². The second-order valence-electron chi connectivity index (χ2n) is 4.60. The van der Waals surface area contributed by atoms with Gasteiger partial charge >= 0.3 is 0 Å². The van der Waals surface area contributed by atoms with Gasteiger partial charge in [0.1, 0.15) is 16.5 Å². The highest BCUT2D eigenvalue weighted by Crippen LogP contribution is 2.11. The molecule has 0 fully saturated rings. The van der Waals surface area contributed by atoms with Gasteiger partial charge in [0.05, 0.1) is 12.2 Å². The first-order valence-corrected chi connectivity index (χ1v) is 6.44. The highest BCUT2D eigenvalue weighted by atomic mass is 32.1. The van der Waals surface area contributed by atoms with Crippen LogP contribution in [0.1, 0.15) is 22.8 Å². The number of aromatic nitrogens is 1. The van der Waals surface area contributed by atoms with Gasteiger partial charge in [0.2, 0.25) is 0 Å². The summed E-state index contributed by atoms with van der Waals surface area (Å²) in [6.45, 7) is 3.50. The van der Waals surface area contributed by atoms with E-state index in [-0.39, 0.29) is 0 Å². The number of rotatable bonds is 5. The predicted molar refractivity (Wildman–Crippen MR) is 78.7 cm³/mol. The van der Waals surface area contributed by atoms with Crippen molar-refractivity contribution in [2.45, 2.75) is 20.0 Å². The summed E-state index contributed by atoms with van der Waals surface area (Å²) >= 11 is 4.93. The summed E-state index contributed by atoms with van der Waals surface area (Å²) in [6, 6.07) is 7.86. The smallest absolute Gasteiger partial charge is 0.122 e. The zero-order valence-corrected chi connectivity index (χ0v) is 11.9. The molecule has 100 valence electrons. The first-order chi connectivity index (χ1) is 9.04. The Morgan fingerprint density at radius 1 is 1.37 bits per heavy atom. The summed E-state index contributed by atoms with van der Waals surface area (Å²) in [5.74, 6) is 1.90. The summed E-state index contributed by atoms with van der Waals surface area (Å²) in [6.07, 6.45) is 1.73. The van der Waals surface area contributed by atoms with Crippen LogP contribution in [0.3, 0.4) is 0 Å². The molecule has 0 aromatic carbocycles. The van der Waals surface area contributed by atoms with Crippen molar-refractivity contribution in [3.63, 3.8) is 0 Å². The molecule has 2 N–H and O–H groups in total. The van der Waals surface area contributed by atoms with Crippen LogP contribution in [0.5, 0.6) is 0 Å². The molecule has 0 atom stereocenters. The Labute approximate surface area is 118 Å². The van der Waals surface area contributed by atoms with Gasteiger partial charge in [-0.3, -0.25) is 9.88 Å². The molecule has 0 saturated carbocycles. The molecule has 0 aliphatic rings. The largest absolute Gasteiger partial charge is 0.465 e. The molecule has 0 radical (unpaired) electrons. The van der Waals surface area contributed by atoms with Crippen LogP contribution in [0.4, 0.5) is 0 Å². The van der Waals surface area contributed by atoms with Gasteiger partial charge in [0.25, 0.3) is 0 Å². The van der Waals surface area contributed by atoms with Crippen LogP contribution in [0.25, 0.3) is 0 Å². The van der Waals surface area contributed by atoms with Crippen molar-refractivity contribution in [3.8, 4) is 0 Å². The summed E-state index contributed by atoms with van der Waals surface area (Å²) in [5.41, 5.74) is 7.37. The van der Waals surface area contributed by atoms with Gasteiger partial charge in [-0.15, -0.1) is 0 Å². The molecular formula is C14H17N3OS. The average Bonchev–Trinajstić information content (AvgIpc) is 2.74. The number of aryl methyl sites for hydroxylation is 1. The van der Waals surface area contributed by atoms with Crippen LogP contribution < -0.4 is 5.73 Å². The minimum atomic E-state index is 0.325. The zero-order valence-electron chi connectivity index (χ0n) is 11.1. The lowest BCUT2D eigenvalue weighted by molar-refractivity contribution is 0.285. The van der Waals surface area contributed by atoms with Gasteiger partial charge < -0.3 is 10.2 Å². The number of pyridine rings is 1. The molecule has 4 nitrogen and oxygen atoms in total. The third kappa shape index (κ3) is 3.87. The van der Waals surface area contributed by atoms with Crippen molar-refractivity contribution in [2.24, 2.45) is 5.73 Å². The van der Waals surface area contributed by atoms with E-state index in [1.807, 2.05) is 38.2 Å². The van der Waals surface area contributed by atoms with Crippen molar-refractivity contribution < 1.29 is 4.42 Å². The van der Waals surface area contributed by atoms with Gasteiger partial charge in [-0.1, -0.05) is 12.2 Å². The van der Waals surface area contributed by atoms with E-state index in [2.05, 4.69) is 9.88 Å². The number of hydrogen-bond donors (Lipinski definition) is 1. The minimum Gasteiger partial charge on any atom is -0.465 e. The standard InChI is InChI=1S/C14H17N3OS/c1-10-3-4-12(18-10)9-17(2)8-11-5-6-16-13(7-11)14(15)19/h3-7H,8-9H2,1-2H3,(H2,15,19). The van der Waals surface area contributed by atoms with Crippen molar-refractivity contribution in [1.82, 2.24) is 9.88 Å². The minimum absolute atomic E-state index is 0.325. The van der Waals surface area contributed by atoms with E-state index < -0.39 is 0 Å². The van der Waals surface area contributed by atoms with Gasteiger partial charge in [-0.2, -0.15) is 0 Å². The maximum atomic E-state index is 5.58. The second kappa shape index (κ2) is 5.95. The Hall–Kier alpha value is -1.72. The molecule has 2 aromatic rings. The normalized spacial score (nSPS) is 10.9. The maximum absolute atomic E-state index is 5.58. The Morgan fingerprint density at radius 2 is 2.16 bits per heavy atom. The number of nitrogens with two attached hydrogens (primary N) is 1. The third-order valence-electron chi connectivity index (χ3n) is 2.75. The lowest BCUT2D eigenvalue weighted by Gasteiger charge is -2.15. The fourth-order valence-electron chi connectivity index (χ4n) is 1.91. The Bertz CT molecular complexity index is 580. The summed E-state index contributed by atoms with van der Waals surface area (Å²) < 4.78 is 5.56. The SMILES string of the molecule is Cc1ccc(CN(C)Cc2ccnc(C(N)=S)c2)o1. The lowest BCUT2D eigenvalue weighted by Crippen LogP contribution is -2.18. The molecule has 2 rings (SSSR count). The number of nitrogens with zero attached hydrogens (tertiary/aromatic N) is 2. The second-order valence-corrected chi connectivity index (χ2v) is 5.04. The fourth-order valence-corrected chi connectivity index (χ4v) is 2.02. The monoisotopic (exact) mass is 275 g/mol. The fraction of sp³-hybridized carbons (Fsp3) is 0.286. The summed E-state index contributed by atoms with van der Waals surface area (Å²) in [4.78, 5) is 6.62. The van der Waals surface area contributed by atoms with Crippen LogP contribution in [0.2, 0.25) is 0 Å². The van der Waals surface area contributed by atoms with Gasteiger partial charge in [0, 0.05) is 12.7 Å². The van der Waals surface area contributed by atoms with E-state index in [4.69, 9.17) is 22.4 Å². The molecule has 2 aromatic heterocycles. The molecule has 5 heteroatoms. The zero-order chi connectivity index (χ0) is 13.8. The Kier molecular flexibility index (Phi) is 4.29. The molecule has 0 aliphatic heterocycles. The first kappa shape index (κ1) is 13.7. The molecule has 0 spiro atoms. The van der Waals surface area contributed by atoms with E-state index in [1.165, 1.54) is 0 Å². The van der Waals surface area contributed by atoms with E-state index in [9.17, 15) is 0 Å². The predicted octanol–water partition coefficient (Wildman–Crippen LogP) is 2.25. The van der Waals surface area contributed by atoms with Crippen molar-refractivity contribution in [3.05, 3.63) is 53.2 Å². The Morgan fingerprint density at radius 3 is 2.79 bits per heavy atom. The molecule has 19 heavy (non-hydrogen) atoms. The average molecular weight is 275 g/mol. The van der Waals surface area contributed by atoms with E-state index >= 15 is 0 Å². The molecule has 0 amide bonds.